The summed E-state index contributed by atoms with van der Waals surface area (Å²) in [5.74, 6) is 0. The van der Waals surface area contributed by atoms with E-state index in [1.54, 1.807) is 4.04 Å². The van der Waals surface area contributed by atoms with Crippen molar-refractivity contribution in [1.29, 1.82) is 0 Å². The molecule has 0 saturated carbocycles. The second kappa shape index (κ2) is 29.2. The van der Waals surface area contributed by atoms with Gasteiger partial charge < -0.3 is 0 Å². The maximum atomic E-state index is 9.19. The fourth-order valence-electron chi connectivity index (χ4n) is 5.60. The second-order valence-corrected chi connectivity index (χ2v) is 21.0. The van der Waals surface area contributed by atoms with Gasteiger partial charge in [-0.3, -0.25) is 4.55 Å². The fraction of sp³-hybridized carbons (Fsp3) is 0.692. The molecule has 1 atom stereocenters. The number of hydrogen-bond donors (Lipinski definition) is 2. The Balaban J connectivity index is 0.00000195. The van der Waals surface area contributed by atoms with Crippen LogP contribution in [0.3, 0.4) is 0 Å². The molecule has 0 fully saturated rings. The molecular weight excluding hydrogens is 700 g/mol. The quantitative estimate of drug-likeness (QED) is 0.0312. The van der Waals surface area contributed by atoms with Crippen LogP contribution in [0.25, 0.3) is 11.1 Å². The molecule has 0 aliphatic carbocycles. The zero-order valence-electron chi connectivity index (χ0n) is 29.6. The number of nitrogen functional groups attached to an aromatic ring is 1. The average molecular weight is 768 g/mol. The van der Waals surface area contributed by atoms with Gasteiger partial charge in [0.1, 0.15) is 0 Å². The molecule has 3 N–H and O–H groups in total. The van der Waals surface area contributed by atoms with Crippen molar-refractivity contribution in [2.75, 3.05) is 24.3 Å². The topological polar surface area (TPSA) is 80.4 Å². The smallest absolute Gasteiger partial charge is 0.261 e. The van der Waals surface area contributed by atoms with Crippen molar-refractivity contribution in [1.82, 2.24) is 0 Å². The third-order valence-corrected chi connectivity index (χ3v) is 15.5. The second-order valence-electron chi connectivity index (χ2n) is 12.8. The molecule has 4 nitrogen and oxygen atoms in total. The zero-order valence-corrected chi connectivity index (χ0v) is 32.9. The van der Waals surface area contributed by atoms with E-state index < -0.39 is 10.1 Å². The Morgan fingerprint density at radius 3 is 1.35 bits per heavy atom. The van der Waals surface area contributed by atoms with Crippen LogP contribution in [0.5, 0.6) is 0 Å². The summed E-state index contributed by atoms with van der Waals surface area (Å²) in [6.07, 6.45) is 35.6. The standard InChI is InChI=1S/C26H54P.C12H10N.CH4O3S.Pd/c1-3-5-7-8-9-10-11-12-13-14-15-16-17-18-19-20-21-22-23-24-26-27-25-6-4-2;13-12-9-5-4-8-11(12)10-6-2-1-3-7-10;1-5(2,3)4;/h3-26H2,1-2H3;1-6,8-9H,13H2;1H3,(H,2,3,4);/q-1;;;+1. The minimum absolute atomic E-state index is 0.104. The summed E-state index contributed by atoms with van der Waals surface area (Å²) in [6.45, 7) is 4.65. The van der Waals surface area contributed by atoms with Crippen LogP contribution in [-0.2, 0) is 27.6 Å². The number of hydrogen-bond acceptors (Lipinski definition) is 3. The molecule has 0 heterocycles. The van der Waals surface area contributed by atoms with Gasteiger partial charge in [-0.2, -0.15) is 8.42 Å². The van der Waals surface area contributed by atoms with E-state index in [0.717, 1.165) is 5.69 Å². The molecule has 0 saturated heterocycles. The number of unbranched alkanes of at least 4 members (excludes halogenated alkanes) is 20. The van der Waals surface area contributed by atoms with Crippen LogP contribution in [-0.4, -0.2) is 31.6 Å². The first-order valence-electron chi connectivity index (χ1n) is 18.5. The number of anilines is 1. The van der Waals surface area contributed by atoms with Gasteiger partial charge >= 0.3 is 195 Å². The van der Waals surface area contributed by atoms with Gasteiger partial charge in [0.2, 0.25) is 0 Å². The Bertz CT molecular complexity index is 1090. The van der Waals surface area contributed by atoms with Crippen molar-refractivity contribution in [3.8, 4) is 11.1 Å². The van der Waals surface area contributed by atoms with Crippen molar-refractivity contribution in [2.45, 2.75) is 155 Å². The molecule has 0 radical (unpaired) electrons. The molecule has 0 aliphatic rings. The molecule has 2 aromatic carbocycles. The third kappa shape index (κ3) is 25.3. The molecule has 0 amide bonds. The molecule has 0 aromatic heterocycles. The summed E-state index contributed by atoms with van der Waals surface area (Å²) in [5.41, 5.74) is 9.84. The van der Waals surface area contributed by atoms with E-state index in [1.807, 2.05) is 12.1 Å². The monoisotopic (exact) mass is 767 g/mol. The molecule has 2 aromatic rings. The van der Waals surface area contributed by atoms with Gasteiger partial charge in [-0.15, -0.1) is 0 Å². The van der Waals surface area contributed by atoms with Gasteiger partial charge in [0.05, 0.1) is 6.26 Å². The van der Waals surface area contributed by atoms with E-state index in [9.17, 15) is 8.42 Å². The molecule has 1 unspecified atom stereocenters. The van der Waals surface area contributed by atoms with Crippen molar-refractivity contribution >= 4 is 26.0 Å². The summed E-state index contributed by atoms with van der Waals surface area (Å²) in [5, 5.41) is 0. The predicted molar refractivity (Wildman–Crippen MR) is 203 cm³/mol. The van der Waals surface area contributed by atoms with Gasteiger partial charge in [0.15, 0.2) is 0 Å². The van der Waals surface area contributed by atoms with E-state index in [1.165, 1.54) is 165 Å². The van der Waals surface area contributed by atoms with Gasteiger partial charge in [-0.25, -0.2) is 0 Å². The van der Waals surface area contributed by atoms with E-state index in [-0.39, 0.29) is 6.11 Å². The first kappa shape index (κ1) is 43.3. The number of rotatable bonds is 27. The number of para-hydroxylation sites is 1. The Morgan fingerprint density at radius 2 is 0.913 bits per heavy atom. The van der Waals surface area contributed by atoms with E-state index in [2.05, 4.69) is 50.2 Å². The van der Waals surface area contributed by atoms with Crippen molar-refractivity contribution < 1.29 is 30.5 Å². The Kier molecular flexibility index (Phi) is 27.4. The van der Waals surface area contributed by atoms with Crippen LogP contribution in [0.1, 0.15) is 155 Å². The van der Waals surface area contributed by atoms with Crippen LogP contribution in [0.2, 0.25) is 0 Å². The van der Waals surface area contributed by atoms with Crippen LogP contribution in [0.15, 0.2) is 48.5 Å². The van der Waals surface area contributed by atoms with E-state index >= 15 is 0 Å². The van der Waals surface area contributed by atoms with E-state index in [0.29, 0.717) is 23.7 Å². The molecular formula is C39H68NO3PPdS. The fourth-order valence-corrected chi connectivity index (χ4v) is 13.0. The molecule has 7 heteroatoms. The molecule has 46 heavy (non-hydrogen) atoms. The molecule has 0 bridgehead atoms. The van der Waals surface area contributed by atoms with E-state index in [4.69, 9.17) is 10.3 Å². The first-order chi connectivity index (χ1) is 22.3. The Morgan fingerprint density at radius 1 is 0.565 bits per heavy atom. The summed E-state index contributed by atoms with van der Waals surface area (Å²) in [7, 11) is -3.67. The van der Waals surface area contributed by atoms with Gasteiger partial charge in [0.25, 0.3) is 10.1 Å². The third-order valence-electron chi connectivity index (χ3n) is 8.26. The number of benzene rings is 2. The minimum atomic E-state index is -3.67. The van der Waals surface area contributed by atoms with Crippen LogP contribution < -0.4 is 9.77 Å². The van der Waals surface area contributed by atoms with Gasteiger partial charge in [0, 0.05) is 0 Å². The summed E-state index contributed by atoms with van der Waals surface area (Å²) < 4.78 is 27.4. The summed E-state index contributed by atoms with van der Waals surface area (Å²) in [4.78, 5) is 0. The normalized spacial score (nSPS) is 12.2. The molecule has 2 rings (SSSR count). The van der Waals surface area contributed by atoms with Crippen LogP contribution >= 0.6 is 6.11 Å². The van der Waals surface area contributed by atoms with Crippen molar-refractivity contribution in [3.63, 3.8) is 0 Å². The SMILES string of the molecule is CCCCCCCCCCCCCCCCCCCCCC[P](CCCC)[Pd][c]1ccccc1-c1ccccc1N.CS(=O)(=O)O. The molecule has 0 spiro atoms. The first-order valence-corrected chi connectivity index (χ1v) is 24.7. The molecule has 268 valence electrons. The maximum absolute atomic E-state index is 9.19. The van der Waals surface area contributed by atoms with Gasteiger partial charge in [-0.1, -0.05) is 71.1 Å². The summed E-state index contributed by atoms with van der Waals surface area (Å²) in [6, 6.07) is 17.4. The Labute approximate surface area is 294 Å². The van der Waals surface area contributed by atoms with Crippen molar-refractivity contribution in [3.05, 3.63) is 48.5 Å². The van der Waals surface area contributed by atoms with Crippen molar-refractivity contribution in [2.24, 2.45) is 0 Å². The Hall–Kier alpha value is -0.758. The zero-order chi connectivity index (χ0) is 33.7. The predicted octanol–water partition coefficient (Wildman–Crippen LogP) is 12.2. The van der Waals surface area contributed by atoms with Gasteiger partial charge in [-0.05, 0) is 0 Å². The minimum Gasteiger partial charge on any atom is -0.286 e. The number of nitrogens with two attached hydrogens (primary N) is 1. The van der Waals surface area contributed by atoms with Crippen LogP contribution in [0.4, 0.5) is 5.69 Å². The maximum Gasteiger partial charge on any atom is 0.261 e. The average Bonchev–Trinajstić information content (AvgIpc) is 3.02. The summed E-state index contributed by atoms with van der Waals surface area (Å²) >= 11 is 0.703. The van der Waals surface area contributed by atoms with Crippen LogP contribution in [0, 0.1) is 0 Å². The molecule has 0 aliphatic heterocycles. The largest absolute Gasteiger partial charge is 0.286 e.